The fourth-order valence-electron chi connectivity index (χ4n) is 3.77. The SMILES string of the molecule is CCN(c1ncc(-c2c(C)noc2C)nc1C(=O)OC)C1CCCCC1. The largest absolute Gasteiger partial charge is 0.464 e. The van der Waals surface area contributed by atoms with Gasteiger partial charge in [-0.1, -0.05) is 24.4 Å². The first-order valence-electron chi connectivity index (χ1n) is 9.22. The fraction of sp³-hybridized carbons (Fsp3) is 0.579. The van der Waals surface area contributed by atoms with Gasteiger partial charge in [0.15, 0.2) is 11.5 Å². The molecule has 2 aromatic heterocycles. The molecular weight excluding hydrogens is 332 g/mol. The number of carbonyl (C=O) groups is 1. The molecule has 3 rings (SSSR count). The molecule has 7 heteroatoms. The second kappa shape index (κ2) is 7.85. The summed E-state index contributed by atoms with van der Waals surface area (Å²) in [5.74, 6) is 0.775. The van der Waals surface area contributed by atoms with Crippen LogP contribution in [0.15, 0.2) is 10.7 Å². The highest BCUT2D eigenvalue weighted by molar-refractivity contribution is 5.93. The Morgan fingerprint density at radius 2 is 2.04 bits per heavy atom. The van der Waals surface area contributed by atoms with Crippen molar-refractivity contribution >= 4 is 11.8 Å². The molecule has 2 aromatic rings. The van der Waals surface area contributed by atoms with Crippen molar-refractivity contribution in [3.05, 3.63) is 23.3 Å². The lowest BCUT2D eigenvalue weighted by Gasteiger charge is -2.35. The van der Waals surface area contributed by atoms with Crippen LogP contribution < -0.4 is 4.90 Å². The van der Waals surface area contributed by atoms with Crippen LogP contribution in [0.4, 0.5) is 5.82 Å². The van der Waals surface area contributed by atoms with Crippen LogP contribution in [0.25, 0.3) is 11.3 Å². The zero-order valence-electron chi connectivity index (χ0n) is 15.9. The molecule has 0 saturated heterocycles. The molecule has 0 aliphatic heterocycles. The summed E-state index contributed by atoms with van der Waals surface area (Å²) < 4.78 is 10.2. The molecule has 1 saturated carbocycles. The molecule has 0 radical (unpaired) electrons. The summed E-state index contributed by atoms with van der Waals surface area (Å²) in [4.78, 5) is 23.8. The van der Waals surface area contributed by atoms with Crippen LogP contribution in [-0.4, -0.2) is 40.8 Å². The Morgan fingerprint density at radius 1 is 1.31 bits per heavy atom. The average Bonchev–Trinajstić information content (AvgIpc) is 3.01. The number of nitrogens with zero attached hydrogens (tertiary/aromatic N) is 4. The number of anilines is 1. The highest BCUT2D eigenvalue weighted by Gasteiger charge is 2.28. The molecule has 2 heterocycles. The number of esters is 1. The normalized spacial score (nSPS) is 15.1. The molecule has 0 aromatic carbocycles. The number of rotatable bonds is 5. The third-order valence-corrected chi connectivity index (χ3v) is 5.05. The van der Waals surface area contributed by atoms with Crippen LogP contribution in [0.2, 0.25) is 0 Å². The van der Waals surface area contributed by atoms with Crippen LogP contribution in [0.5, 0.6) is 0 Å². The van der Waals surface area contributed by atoms with Gasteiger partial charge >= 0.3 is 5.97 Å². The Kier molecular flexibility index (Phi) is 5.54. The van der Waals surface area contributed by atoms with Gasteiger partial charge in [-0.3, -0.25) is 0 Å². The van der Waals surface area contributed by atoms with Gasteiger partial charge in [-0.15, -0.1) is 0 Å². The molecule has 1 aliphatic rings. The maximum atomic E-state index is 12.4. The monoisotopic (exact) mass is 358 g/mol. The summed E-state index contributed by atoms with van der Waals surface area (Å²) in [5.41, 5.74) is 2.32. The van der Waals surface area contributed by atoms with Crippen molar-refractivity contribution in [3.8, 4) is 11.3 Å². The summed E-state index contributed by atoms with van der Waals surface area (Å²) in [5, 5.41) is 3.96. The van der Waals surface area contributed by atoms with Crippen LogP contribution in [0, 0.1) is 13.8 Å². The number of methoxy groups -OCH3 is 1. The van der Waals surface area contributed by atoms with Gasteiger partial charge in [-0.25, -0.2) is 14.8 Å². The zero-order chi connectivity index (χ0) is 18.7. The molecule has 0 bridgehead atoms. The molecule has 1 fully saturated rings. The molecular formula is C19H26N4O3. The van der Waals surface area contributed by atoms with E-state index in [1.807, 2.05) is 13.8 Å². The highest BCUT2D eigenvalue weighted by Crippen LogP contribution is 2.31. The van der Waals surface area contributed by atoms with Crippen molar-refractivity contribution < 1.29 is 14.1 Å². The van der Waals surface area contributed by atoms with Gasteiger partial charge in [-0.05, 0) is 33.6 Å². The van der Waals surface area contributed by atoms with E-state index in [1.54, 1.807) is 6.20 Å². The summed E-state index contributed by atoms with van der Waals surface area (Å²) in [6, 6.07) is 0.386. The average molecular weight is 358 g/mol. The summed E-state index contributed by atoms with van der Waals surface area (Å²) in [7, 11) is 1.37. The topological polar surface area (TPSA) is 81.4 Å². The van der Waals surface area contributed by atoms with Crippen LogP contribution in [-0.2, 0) is 4.74 Å². The molecule has 26 heavy (non-hydrogen) atoms. The molecule has 0 unspecified atom stereocenters. The number of aromatic nitrogens is 3. The van der Waals surface area contributed by atoms with Crippen molar-refractivity contribution in [1.82, 2.24) is 15.1 Å². The second-order valence-electron chi connectivity index (χ2n) is 6.70. The predicted molar refractivity (Wildman–Crippen MR) is 98.2 cm³/mol. The third-order valence-electron chi connectivity index (χ3n) is 5.05. The van der Waals surface area contributed by atoms with Crippen molar-refractivity contribution in [1.29, 1.82) is 0 Å². The summed E-state index contributed by atoms with van der Waals surface area (Å²) >= 11 is 0. The van der Waals surface area contributed by atoms with Crippen molar-refractivity contribution in [2.75, 3.05) is 18.6 Å². The number of ether oxygens (including phenoxy) is 1. The molecule has 0 N–H and O–H groups in total. The van der Waals surface area contributed by atoms with E-state index in [0.717, 1.165) is 30.6 Å². The Bertz CT molecular complexity index is 762. The quantitative estimate of drug-likeness (QED) is 0.754. The molecule has 0 atom stereocenters. The van der Waals surface area contributed by atoms with Crippen molar-refractivity contribution in [2.24, 2.45) is 0 Å². The maximum Gasteiger partial charge on any atom is 0.360 e. The van der Waals surface area contributed by atoms with E-state index in [2.05, 4.69) is 26.9 Å². The molecule has 0 amide bonds. The first kappa shape index (κ1) is 18.4. The van der Waals surface area contributed by atoms with E-state index in [4.69, 9.17) is 9.26 Å². The van der Waals surface area contributed by atoms with E-state index >= 15 is 0 Å². The standard InChI is InChI=1S/C19H26N4O3/c1-5-23(14-9-7-6-8-10-14)18-17(19(24)25-4)21-15(11-20-18)16-12(2)22-26-13(16)3/h11,14H,5-10H2,1-4H3. The number of hydrogen-bond donors (Lipinski definition) is 0. The van der Waals surface area contributed by atoms with Crippen LogP contribution in [0.1, 0.15) is 61.0 Å². The molecule has 140 valence electrons. The minimum Gasteiger partial charge on any atom is -0.464 e. The lowest BCUT2D eigenvalue weighted by Crippen LogP contribution is -2.38. The van der Waals surface area contributed by atoms with Crippen LogP contribution >= 0.6 is 0 Å². The summed E-state index contributed by atoms with van der Waals surface area (Å²) in [6.45, 7) is 6.52. The Hall–Kier alpha value is -2.44. The van der Waals surface area contributed by atoms with Crippen LogP contribution in [0.3, 0.4) is 0 Å². The Morgan fingerprint density at radius 3 is 2.62 bits per heavy atom. The first-order valence-corrected chi connectivity index (χ1v) is 9.22. The summed E-state index contributed by atoms with van der Waals surface area (Å²) in [6.07, 6.45) is 7.61. The molecule has 1 aliphatic carbocycles. The highest BCUT2D eigenvalue weighted by atomic mass is 16.5. The van der Waals surface area contributed by atoms with E-state index in [-0.39, 0.29) is 5.69 Å². The van der Waals surface area contributed by atoms with Gasteiger partial charge in [0.1, 0.15) is 5.76 Å². The van der Waals surface area contributed by atoms with E-state index in [0.29, 0.717) is 23.3 Å². The zero-order valence-corrected chi connectivity index (χ0v) is 15.9. The number of carbonyl (C=O) groups excluding carboxylic acids is 1. The first-order chi connectivity index (χ1) is 12.6. The van der Waals surface area contributed by atoms with Gasteiger partial charge in [-0.2, -0.15) is 0 Å². The van der Waals surface area contributed by atoms with Crippen molar-refractivity contribution in [3.63, 3.8) is 0 Å². The fourth-order valence-corrected chi connectivity index (χ4v) is 3.77. The van der Waals surface area contributed by atoms with Crippen molar-refractivity contribution in [2.45, 2.75) is 58.9 Å². The smallest absolute Gasteiger partial charge is 0.360 e. The minimum absolute atomic E-state index is 0.248. The van der Waals surface area contributed by atoms with E-state index in [1.165, 1.54) is 26.4 Å². The minimum atomic E-state index is -0.477. The van der Waals surface area contributed by atoms with E-state index in [9.17, 15) is 4.79 Å². The van der Waals surface area contributed by atoms with Gasteiger partial charge < -0.3 is 14.2 Å². The number of aryl methyl sites for hydroxylation is 2. The van der Waals surface area contributed by atoms with Gasteiger partial charge in [0.25, 0.3) is 0 Å². The third kappa shape index (κ3) is 3.43. The lowest BCUT2D eigenvalue weighted by atomic mass is 9.94. The second-order valence-corrected chi connectivity index (χ2v) is 6.70. The Balaban J connectivity index is 2.06. The number of hydrogen-bond acceptors (Lipinski definition) is 7. The van der Waals surface area contributed by atoms with E-state index < -0.39 is 5.97 Å². The lowest BCUT2D eigenvalue weighted by molar-refractivity contribution is 0.0594. The van der Waals surface area contributed by atoms with Gasteiger partial charge in [0, 0.05) is 12.6 Å². The Labute approximate surface area is 153 Å². The maximum absolute atomic E-state index is 12.4. The van der Waals surface area contributed by atoms with Gasteiger partial charge in [0.2, 0.25) is 0 Å². The molecule has 0 spiro atoms. The molecule has 7 nitrogen and oxygen atoms in total. The van der Waals surface area contributed by atoms with Gasteiger partial charge in [0.05, 0.1) is 30.3 Å². The predicted octanol–water partition coefficient (Wildman–Crippen LogP) is 3.69.